The summed E-state index contributed by atoms with van der Waals surface area (Å²) >= 11 is 1.84. The molecule has 1 aliphatic heterocycles. The smallest absolute Gasteiger partial charge is 0.128 e. The first kappa shape index (κ1) is 8.91. The van der Waals surface area contributed by atoms with E-state index in [1.807, 2.05) is 30.0 Å². The molecule has 0 aromatic heterocycles. The summed E-state index contributed by atoms with van der Waals surface area (Å²) < 4.78 is 10.7. The standard InChI is InChI=1S/C10H12O2S/c1-11-9-4-2-3-8(7-9)10-12-5-6-13-10/h2-4,7,10H,5-6H2,1H3. The Balaban J connectivity index is 2.18. The largest absolute Gasteiger partial charge is 0.497 e. The monoisotopic (exact) mass is 196 g/mol. The molecule has 0 saturated carbocycles. The van der Waals surface area contributed by atoms with E-state index in [0.717, 1.165) is 18.1 Å². The number of thioether (sulfide) groups is 1. The summed E-state index contributed by atoms with van der Waals surface area (Å²) in [5, 5.41) is 0. The van der Waals surface area contributed by atoms with E-state index in [4.69, 9.17) is 9.47 Å². The molecule has 2 nitrogen and oxygen atoms in total. The van der Waals surface area contributed by atoms with Gasteiger partial charge >= 0.3 is 0 Å². The zero-order valence-corrected chi connectivity index (χ0v) is 8.34. The molecule has 1 heterocycles. The lowest BCUT2D eigenvalue weighted by molar-refractivity contribution is 0.144. The van der Waals surface area contributed by atoms with Gasteiger partial charge in [0, 0.05) is 5.75 Å². The molecule has 1 aromatic carbocycles. The van der Waals surface area contributed by atoms with Gasteiger partial charge in [-0.2, -0.15) is 0 Å². The maximum atomic E-state index is 5.55. The summed E-state index contributed by atoms with van der Waals surface area (Å²) in [6, 6.07) is 8.05. The third-order valence-corrected chi connectivity index (χ3v) is 3.10. The molecular formula is C10H12O2S. The first-order chi connectivity index (χ1) is 6.40. The highest BCUT2D eigenvalue weighted by atomic mass is 32.2. The van der Waals surface area contributed by atoms with E-state index in [9.17, 15) is 0 Å². The Morgan fingerprint density at radius 2 is 2.46 bits per heavy atom. The second-order valence-electron chi connectivity index (χ2n) is 2.85. The molecular weight excluding hydrogens is 184 g/mol. The van der Waals surface area contributed by atoms with Gasteiger partial charge in [-0.15, -0.1) is 11.8 Å². The third-order valence-electron chi connectivity index (χ3n) is 1.99. The van der Waals surface area contributed by atoms with Crippen molar-refractivity contribution in [1.29, 1.82) is 0 Å². The quantitative estimate of drug-likeness (QED) is 0.724. The van der Waals surface area contributed by atoms with Crippen LogP contribution in [0.4, 0.5) is 0 Å². The Kier molecular flexibility index (Phi) is 2.76. The lowest BCUT2D eigenvalue weighted by Gasteiger charge is -2.09. The molecule has 1 unspecified atom stereocenters. The van der Waals surface area contributed by atoms with Crippen LogP contribution in [0.2, 0.25) is 0 Å². The molecule has 1 atom stereocenters. The van der Waals surface area contributed by atoms with Crippen molar-refractivity contribution in [2.75, 3.05) is 19.5 Å². The Hall–Kier alpha value is -0.670. The summed E-state index contributed by atoms with van der Waals surface area (Å²) in [4.78, 5) is 0. The fraction of sp³-hybridized carbons (Fsp3) is 0.400. The van der Waals surface area contributed by atoms with Crippen LogP contribution in [-0.4, -0.2) is 19.5 Å². The van der Waals surface area contributed by atoms with E-state index < -0.39 is 0 Å². The van der Waals surface area contributed by atoms with E-state index in [0.29, 0.717) is 0 Å². The predicted molar refractivity (Wildman–Crippen MR) is 54.1 cm³/mol. The topological polar surface area (TPSA) is 18.5 Å². The van der Waals surface area contributed by atoms with Crippen LogP contribution in [0.25, 0.3) is 0 Å². The molecule has 2 rings (SSSR count). The number of hydrogen-bond donors (Lipinski definition) is 0. The lowest BCUT2D eigenvalue weighted by Crippen LogP contribution is -1.93. The van der Waals surface area contributed by atoms with E-state index in [-0.39, 0.29) is 5.44 Å². The van der Waals surface area contributed by atoms with Gasteiger partial charge in [0.2, 0.25) is 0 Å². The van der Waals surface area contributed by atoms with Gasteiger partial charge in [-0.3, -0.25) is 0 Å². The van der Waals surface area contributed by atoms with Crippen molar-refractivity contribution in [2.45, 2.75) is 5.44 Å². The Morgan fingerprint density at radius 3 is 3.15 bits per heavy atom. The van der Waals surface area contributed by atoms with E-state index >= 15 is 0 Å². The molecule has 1 saturated heterocycles. The first-order valence-electron chi connectivity index (χ1n) is 4.27. The van der Waals surface area contributed by atoms with Gasteiger partial charge < -0.3 is 9.47 Å². The molecule has 1 fully saturated rings. The maximum absolute atomic E-state index is 5.55. The summed E-state index contributed by atoms with van der Waals surface area (Å²) in [6.07, 6.45) is 0. The highest BCUT2D eigenvalue weighted by Crippen LogP contribution is 2.35. The number of methoxy groups -OCH3 is 1. The van der Waals surface area contributed by atoms with Crippen molar-refractivity contribution in [2.24, 2.45) is 0 Å². The van der Waals surface area contributed by atoms with Crippen molar-refractivity contribution < 1.29 is 9.47 Å². The van der Waals surface area contributed by atoms with Gasteiger partial charge in [-0.1, -0.05) is 12.1 Å². The van der Waals surface area contributed by atoms with Gasteiger partial charge in [-0.05, 0) is 17.7 Å². The molecule has 3 heteroatoms. The maximum Gasteiger partial charge on any atom is 0.128 e. The summed E-state index contributed by atoms with van der Waals surface area (Å²) in [5.74, 6) is 1.98. The number of ether oxygens (including phenoxy) is 2. The van der Waals surface area contributed by atoms with Gasteiger partial charge in [0.15, 0.2) is 0 Å². The molecule has 0 amide bonds. The molecule has 0 radical (unpaired) electrons. The third kappa shape index (κ3) is 1.98. The fourth-order valence-electron chi connectivity index (χ4n) is 1.34. The minimum absolute atomic E-state index is 0.204. The molecule has 0 spiro atoms. The Bertz CT molecular complexity index is 282. The highest BCUT2D eigenvalue weighted by Gasteiger charge is 2.18. The molecule has 0 bridgehead atoms. The zero-order valence-electron chi connectivity index (χ0n) is 7.53. The molecule has 1 aliphatic rings. The van der Waals surface area contributed by atoms with Gasteiger partial charge in [0.25, 0.3) is 0 Å². The molecule has 1 aromatic rings. The minimum atomic E-state index is 0.204. The van der Waals surface area contributed by atoms with Crippen LogP contribution in [0, 0.1) is 0 Å². The van der Waals surface area contributed by atoms with E-state index in [1.54, 1.807) is 7.11 Å². The normalized spacial score (nSPS) is 21.8. The summed E-state index contributed by atoms with van der Waals surface area (Å²) in [7, 11) is 1.68. The van der Waals surface area contributed by atoms with E-state index in [2.05, 4.69) is 6.07 Å². The number of hydrogen-bond acceptors (Lipinski definition) is 3. The molecule has 13 heavy (non-hydrogen) atoms. The predicted octanol–water partition coefficient (Wildman–Crippen LogP) is 2.46. The van der Waals surface area contributed by atoms with Crippen LogP contribution in [-0.2, 0) is 4.74 Å². The van der Waals surface area contributed by atoms with Gasteiger partial charge in [0.1, 0.15) is 11.2 Å². The van der Waals surface area contributed by atoms with Crippen LogP contribution in [0.1, 0.15) is 11.0 Å². The van der Waals surface area contributed by atoms with Crippen LogP contribution < -0.4 is 4.74 Å². The number of benzene rings is 1. The first-order valence-corrected chi connectivity index (χ1v) is 5.32. The zero-order chi connectivity index (χ0) is 9.10. The van der Waals surface area contributed by atoms with Gasteiger partial charge in [-0.25, -0.2) is 0 Å². The van der Waals surface area contributed by atoms with Crippen molar-refractivity contribution >= 4 is 11.8 Å². The Morgan fingerprint density at radius 1 is 1.54 bits per heavy atom. The summed E-state index contributed by atoms with van der Waals surface area (Å²) in [6.45, 7) is 0.854. The van der Waals surface area contributed by atoms with Crippen molar-refractivity contribution in [1.82, 2.24) is 0 Å². The molecule has 0 N–H and O–H groups in total. The molecule has 0 aliphatic carbocycles. The van der Waals surface area contributed by atoms with Crippen molar-refractivity contribution in [3.05, 3.63) is 29.8 Å². The van der Waals surface area contributed by atoms with E-state index in [1.165, 1.54) is 5.56 Å². The second-order valence-corrected chi connectivity index (χ2v) is 4.02. The Labute approximate surface area is 82.2 Å². The average molecular weight is 196 g/mol. The average Bonchev–Trinajstić information content (AvgIpc) is 2.71. The van der Waals surface area contributed by atoms with Crippen molar-refractivity contribution in [3.63, 3.8) is 0 Å². The van der Waals surface area contributed by atoms with Crippen LogP contribution >= 0.6 is 11.8 Å². The number of rotatable bonds is 2. The van der Waals surface area contributed by atoms with Crippen LogP contribution in [0.5, 0.6) is 5.75 Å². The van der Waals surface area contributed by atoms with Crippen molar-refractivity contribution in [3.8, 4) is 5.75 Å². The van der Waals surface area contributed by atoms with Crippen LogP contribution in [0.3, 0.4) is 0 Å². The highest BCUT2D eigenvalue weighted by molar-refractivity contribution is 7.99. The minimum Gasteiger partial charge on any atom is -0.497 e. The summed E-state index contributed by atoms with van der Waals surface area (Å²) in [5.41, 5.74) is 1.40. The molecule has 70 valence electrons. The second kappa shape index (κ2) is 4.03. The van der Waals surface area contributed by atoms with Gasteiger partial charge in [0.05, 0.1) is 13.7 Å². The lowest BCUT2D eigenvalue weighted by atomic mass is 10.2. The fourth-order valence-corrected chi connectivity index (χ4v) is 2.28. The van der Waals surface area contributed by atoms with Crippen LogP contribution in [0.15, 0.2) is 24.3 Å². The SMILES string of the molecule is COc1cccc(C2OCCS2)c1.